The van der Waals surface area contributed by atoms with Crippen molar-refractivity contribution < 1.29 is 9.53 Å². The van der Waals surface area contributed by atoms with Gasteiger partial charge in [0.1, 0.15) is 16.8 Å². The number of rotatable bonds is 6. The van der Waals surface area contributed by atoms with Gasteiger partial charge in [-0.15, -0.1) is 10.2 Å². The molecule has 3 aromatic carbocycles. The molecule has 0 atom stereocenters. The number of benzene rings is 3. The van der Waals surface area contributed by atoms with Crippen LogP contribution in [0.5, 0.6) is 5.75 Å². The summed E-state index contributed by atoms with van der Waals surface area (Å²) in [5.74, 6) is 0.545. The third kappa shape index (κ3) is 4.92. The van der Waals surface area contributed by atoms with Crippen LogP contribution in [0.15, 0.2) is 66.7 Å². The lowest BCUT2D eigenvalue weighted by atomic mass is 10.1. The number of fused-ring (bicyclic) bond motifs is 1. The summed E-state index contributed by atoms with van der Waals surface area (Å²) in [7, 11) is 0. The van der Waals surface area contributed by atoms with Gasteiger partial charge in [0, 0.05) is 11.3 Å². The molecule has 0 radical (unpaired) electrons. The van der Waals surface area contributed by atoms with Crippen molar-refractivity contribution in [2.75, 3.05) is 11.9 Å². The van der Waals surface area contributed by atoms with Gasteiger partial charge in [0.25, 0.3) is 5.91 Å². The first-order chi connectivity index (χ1) is 15.6. The number of nitrogens with one attached hydrogen (secondary N) is 2. The van der Waals surface area contributed by atoms with E-state index in [1.165, 1.54) is 5.56 Å². The topological polar surface area (TPSA) is 81.1 Å². The van der Waals surface area contributed by atoms with E-state index in [0.29, 0.717) is 23.4 Å². The first-order valence-electron chi connectivity index (χ1n) is 10.4. The second-order valence-corrected chi connectivity index (χ2v) is 7.49. The molecule has 0 bridgehead atoms. The van der Waals surface area contributed by atoms with Gasteiger partial charge >= 0.3 is 0 Å². The van der Waals surface area contributed by atoms with E-state index in [9.17, 15) is 4.79 Å². The number of thiocarbonyl (C=S) groups is 1. The zero-order valence-electron chi connectivity index (χ0n) is 17.8. The lowest BCUT2D eigenvalue weighted by Gasteiger charge is -2.09. The molecule has 162 valence electrons. The number of anilines is 1. The SMILES string of the molecule is CCOc1ccc(-n2nc3ccc(NC(=S)NC(=O)c4ccc(CC)cc4)cc3n2)cc1. The molecule has 4 aromatic rings. The van der Waals surface area contributed by atoms with Crippen molar-refractivity contribution in [2.45, 2.75) is 20.3 Å². The number of carbonyl (C=O) groups is 1. The van der Waals surface area contributed by atoms with E-state index in [0.717, 1.165) is 23.4 Å². The average molecular weight is 446 g/mol. The van der Waals surface area contributed by atoms with E-state index in [2.05, 4.69) is 27.8 Å². The predicted octanol–water partition coefficient (Wildman–Crippen LogP) is 4.51. The van der Waals surface area contributed by atoms with Crippen molar-refractivity contribution in [3.63, 3.8) is 0 Å². The summed E-state index contributed by atoms with van der Waals surface area (Å²) >= 11 is 5.30. The minimum Gasteiger partial charge on any atom is -0.494 e. The number of nitrogens with zero attached hydrogens (tertiary/aromatic N) is 3. The lowest BCUT2D eigenvalue weighted by Crippen LogP contribution is -2.34. The van der Waals surface area contributed by atoms with Gasteiger partial charge < -0.3 is 10.1 Å². The summed E-state index contributed by atoms with van der Waals surface area (Å²) in [4.78, 5) is 14.0. The van der Waals surface area contributed by atoms with Gasteiger partial charge in [0.05, 0.1) is 12.3 Å². The molecule has 1 amide bonds. The van der Waals surface area contributed by atoms with Gasteiger partial charge in [-0.3, -0.25) is 10.1 Å². The van der Waals surface area contributed by atoms with Crippen LogP contribution in [0.25, 0.3) is 16.7 Å². The summed E-state index contributed by atoms with van der Waals surface area (Å²) < 4.78 is 5.47. The van der Waals surface area contributed by atoms with Crippen molar-refractivity contribution >= 4 is 40.0 Å². The Labute approximate surface area is 191 Å². The highest BCUT2D eigenvalue weighted by Crippen LogP contribution is 2.19. The molecule has 7 nitrogen and oxygen atoms in total. The van der Waals surface area contributed by atoms with Crippen LogP contribution < -0.4 is 15.4 Å². The minimum atomic E-state index is -0.257. The Hall–Kier alpha value is -3.78. The van der Waals surface area contributed by atoms with E-state index in [4.69, 9.17) is 17.0 Å². The standard InChI is InChI=1S/C24H23N5O2S/c1-3-16-5-7-17(8-6-16)23(30)26-24(32)25-18-9-14-21-22(15-18)28-29(27-21)19-10-12-20(13-11-19)31-4-2/h5-15H,3-4H2,1-2H3,(H2,25,26,30,32). The number of aryl methyl sites for hydroxylation is 1. The Morgan fingerprint density at radius 3 is 2.38 bits per heavy atom. The molecule has 0 unspecified atom stereocenters. The highest BCUT2D eigenvalue weighted by Gasteiger charge is 2.10. The van der Waals surface area contributed by atoms with Crippen LogP contribution >= 0.6 is 12.2 Å². The van der Waals surface area contributed by atoms with Crippen molar-refractivity contribution in [3.05, 3.63) is 77.9 Å². The molecule has 8 heteroatoms. The smallest absolute Gasteiger partial charge is 0.257 e. The summed E-state index contributed by atoms with van der Waals surface area (Å²) in [5, 5.41) is 15.0. The van der Waals surface area contributed by atoms with Gasteiger partial charge in [-0.25, -0.2) is 0 Å². The molecule has 0 fully saturated rings. The fourth-order valence-electron chi connectivity index (χ4n) is 3.18. The Morgan fingerprint density at radius 2 is 1.69 bits per heavy atom. The molecule has 1 aromatic heterocycles. The van der Waals surface area contributed by atoms with Crippen molar-refractivity contribution in [3.8, 4) is 11.4 Å². The Kier molecular flexibility index (Phi) is 6.42. The maximum absolute atomic E-state index is 12.4. The number of hydrogen-bond acceptors (Lipinski definition) is 5. The van der Waals surface area contributed by atoms with Crippen LogP contribution in [0.2, 0.25) is 0 Å². The number of aromatic nitrogens is 3. The summed E-state index contributed by atoms with van der Waals surface area (Å²) in [5.41, 5.74) is 4.72. The lowest BCUT2D eigenvalue weighted by molar-refractivity contribution is 0.0977. The molecule has 0 aliphatic heterocycles. The van der Waals surface area contributed by atoms with Gasteiger partial charge in [0.15, 0.2) is 5.11 Å². The van der Waals surface area contributed by atoms with Gasteiger partial charge in [-0.05, 0) is 85.7 Å². The molecule has 1 heterocycles. The number of amides is 1. The predicted molar refractivity (Wildman–Crippen MR) is 130 cm³/mol. The second-order valence-electron chi connectivity index (χ2n) is 7.08. The van der Waals surface area contributed by atoms with Gasteiger partial charge in [0.2, 0.25) is 0 Å². The van der Waals surface area contributed by atoms with Crippen LogP contribution in [-0.4, -0.2) is 32.6 Å². The molecular formula is C24H23N5O2S. The highest BCUT2D eigenvalue weighted by molar-refractivity contribution is 7.80. The van der Waals surface area contributed by atoms with Crippen LogP contribution in [0.1, 0.15) is 29.8 Å². The van der Waals surface area contributed by atoms with Crippen molar-refractivity contribution in [1.82, 2.24) is 20.3 Å². The fourth-order valence-corrected chi connectivity index (χ4v) is 3.39. The third-order valence-corrected chi connectivity index (χ3v) is 5.07. The first kappa shape index (κ1) is 21.5. The number of carbonyl (C=O) groups excluding carboxylic acids is 1. The zero-order chi connectivity index (χ0) is 22.5. The largest absolute Gasteiger partial charge is 0.494 e. The summed E-state index contributed by atoms with van der Waals surface area (Å²) in [6.45, 7) is 4.64. The molecule has 0 saturated carbocycles. The molecule has 32 heavy (non-hydrogen) atoms. The summed E-state index contributed by atoms with van der Waals surface area (Å²) in [6.07, 6.45) is 0.924. The monoisotopic (exact) mass is 445 g/mol. The van der Waals surface area contributed by atoms with Crippen molar-refractivity contribution in [1.29, 1.82) is 0 Å². The third-order valence-electron chi connectivity index (χ3n) is 4.87. The summed E-state index contributed by atoms with van der Waals surface area (Å²) in [6, 6.07) is 20.6. The van der Waals surface area contributed by atoms with E-state index in [-0.39, 0.29) is 11.0 Å². The van der Waals surface area contributed by atoms with E-state index >= 15 is 0 Å². The first-order valence-corrected chi connectivity index (χ1v) is 10.8. The van der Waals surface area contributed by atoms with Crippen LogP contribution in [0, 0.1) is 0 Å². The van der Waals surface area contributed by atoms with Crippen molar-refractivity contribution in [2.24, 2.45) is 0 Å². The Bertz CT molecular complexity index is 1250. The highest BCUT2D eigenvalue weighted by atomic mass is 32.1. The normalized spacial score (nSPS) is 10.7. The van der Waals surface area contributed by atoms with Gasteiger partial charge in [-0.2, -0.15) is 4.80 Å². The van der Waals surface area contributed by atoms with Crippen LogP contribution in [-0.2, 0) is 6.42 Å². The molecule has 0 saturated heterocycles. The number of ether oxygens (including phenoxy) is 1. The molecule has 2 N–H and O–H groups in total. The molecule has 0 spiro atoms. The average Bonchev–Trinajstić information content (AvgIpc) is 3.23. The van der Waals surface area contributed by atoms with E-state index < -0.39 is 0 Å². The van der Waals surface area contributed by atoms with Crippen LogP contribution in [0.3, 0.4) is 0 Å². The second kappa shape index (κ2) is 9.57. The fraction of sp³-hybridized carbons (Fsp3) is 0.167. The van der Waals surface area contributed by atoms with Gasteiger partial charge in [-0.1, -0.05) is 19.1 Å². The van der Waals surface area contributed by atoms with E-state index in [1.54, 1.807) is 16.9 Å². The molecule has 0 aliphatic carbocycles. The Morgan fingerprint density at radius 1 is 0.969 bits per heavy atom. The van der Waals surface area contributed by atoms with Crippen LogP contribution in [0.4, 0.5) is 5.69 Å². The zero-order valence-corrected chi connectivity index (χ0v) is 18.6. The molecule has 4 rings (SSSR count). The maximum Gasteiger partial charge on any atom is 0.257 e. The van der Waals surface area contributed by atoms with E-state index in [1.807, 2.05) is 61.5 Å². The maximum atomic E-state index is 12.4. The molecule has 0 aliphatic rings. The molecular weight excluding hydrogens is 422 g/mol. The Balaban J connectivity index is 1.44. The number of hydrogen-bond donors (Lipinski definition) is 2. The minimum absolute atomic E-state index is 0.216. The quantitative estimate of drug-likeness (QED) is 0.425.